The van der Waals surface area contributed by atoms with E-state index in [9.17, 15) is 13.6 Å². The molecule has 0 spiro atoms. The summed E-state index contributed by atoms with van der Waals surface area (Å²) >= 11 is 3.21. The number of benzene rings is 1. The largest absolute Gasteiger partial charge is 0.487 e. The zero-order chi connectivity index (χ0) is 17.9. The van der Waals surface area contributed by atoms with Gasteiger partial charge >= 0.3 is 0 Å². The monoisotopic (exact) mass is 395 g/mol. The Morgan fingerprint density at radius 3 is 2.71 bits per heavy atom. The molecule has 1 heterocycles. The van der Waals surface area contributed by atoms with Gasteiger partial charge in [-0.1, -0.05) is 19.2 Å². The number of hydrogen-bond acceptors (Lipinski definition) is 2. The average Bonchev–Trinajstić information content (AvgIpc) is 2.54. The van der Waals surface area contributed by atoms with E-state index in [1.807, 2.05) is 0 Å². The van der Waals surface area contributed by atoms with Crippen LogP contribution in [-0.2, 0) is 13.2 Å². The fourth-order valence-corrected chi connectivity index (χ4v) is 2.52. The van der Waals surface area contributed by atoms with Crippen LogP contribution in [0.4, 0.5) is 8.78 Å². The quantitative estimate of drug-likeness (QED) is 0.673. The van der Waals surface area contributed by atoms with Gasteiger partial charge in [0.1, 0.15) is 28.5 Å². The summed E-state index contributed by atoms with van der Waals surface area (Å²) in [4.78, 5) is 12.4. The number of aryl methyl sites for hydroxylation is 1. The maximum Gasteiger partial charge on any atom is 0.269 e. The molecule has 0 saturated carbocycles. The molecule has 1 aromatic heterocycles. The fraction of sp³-hybridized carbons (Fsp3) is 0.167. The Bertz CT molecular complexity index is 859. The first-order chi connectivity index (χ1) is 11.3. The molecule has 2 aromatic rings. The number of halogens is 3. The van der Waals surface area contributed by atoms with E-state index in [-0.39, 0.29) is 22.2 Å². The zero-order valence-electron chi connectivity index (χ0n) is 13.1. The first kappa shape index (κ1) is 18.1. The molecule has 0 fully saturated rings. The van der Waals surface area contributed by atoms with Crippen LogP contribution in [0.5, 0.6) is 5.75 Å². The highest BCUT2D eigenvalue weighted by Crippen LogP contribution is 2.24. The third kappa shape index (κ3) is 4.00. The van der Waals surface area contributed by atoms with E-state index in [4.69, 9.17) is 4.74 Å². The molecule has 0 N–H and O–H groups in total. The molecule has 0 aliphatic rings. The Balaban J connectivity index is 2.27. The average molecular weight is 396 g/mol. The van der Waals surface area contributed by atoms with Gasteiger partial charge < -0.3 is 9.30 Å². The summed E-state index contributed by atoms with van der Waals surface area (Å²) in [5.74, 6) is -1.06. The van der Waals surface area contributed by atoms with E-state index in [2.05, 4.69) is 29.1 Å². The van der Waals surface area contributed by atoms with Gasteiger partial charge in [-0.3, -0.25) is 4.79 Å². The number of pyridine rings is 1. The minimum Gasteiger partial charge on any atom is -0.487 e. The van der Waals surface area contributed by atoms with E-state index in [1.54, 1.807) is 19.1 Å². The fourth-order valence-electron chi connectivity index (χ4n) is 2.08. The molecule has 0 saturated heterocycles. The van der Waals surface area contributed by atoms with Crippen molar-refractivity contribution < 1.29 is 13.5 Å². The first-order valence-corrected chi connectivity index (χ1v) is 7.89. The van der Waals surface area contributed by atoms with Crippen molar-refractivity contribution in [1.29, 1.82) is 0 Å². The molecule has 0 aliphatic carbocycles. The summed E-state index contributed by atoms with van der Waals surface area (Å²) in [5.41, 5.74) is 1.28. The molecule has 0 unspecified atom stereocenters. The second-order valence-electron chi connectivity index (χ2n) is 5.24. The molecule has 24 heavy (non-hydrogen) atoms. The Hall–Kier alpha value is -2.21. The normalized spacial score (nSPS) is 10.5. The number of ether oxygens (including phenoxy) is 1. The predicted molar refractivity (Wildman–Crippen MR) is 93.2 cm³/mol. The summed E-state index contributed by atoms with van der Waals surface area (Å²) in [6.07, 6.45) is 1.58. The molecule has 2 rings (SSSR count). The van der Waals surface area contributed by atoms with Crippen LogP contribution < -0.4 is 10.3 Å². The predicted octanol–water partition coefficient (Wildman–Crippen LogP) is 4.52. The molecule has 0 bridgehead atoms. The van der Waals surface area contributed by atoms with Gasteiger partial charge in [0.2, 0.25) is 0 Å². The maximum atomic E-state index is 13.6. The van der Waals surface area contributed by atoms with E-state index < -0.39 is 11.6 Å². The number of hydrogen-bond donors (Lipinski definition) is 0. The molecule has 126 valence electrons. The lowest BCUT2D eigenvalue weighted by Crippen LogP contribution is -2.24. The molecule has 6 heteroatoms. The number of aromatic nitrogens is 1. The van der Waals surface area contributed by atoms with Crippen molar-refractivity contribution in [2.24, 2.45) is 0 Å². The molecule has 0 atom stereocenters. The summed E-state index contributed by atoms with van der Waals surface area (Å²) < 4.78 is 33.8. The highest BCUT2D eigenvalue weighted by Gasteiger charge is 2.13. The van der Waals surface area contributed by atoms with Crippen LogP contribution in [0.3, 0.4) is 0 Å². The molecule has 0 aliphatic heterocycles. The summed E-state index contributed by atoms with van der Waals surface area (Å²) in [6.45, 7) is 9.38. The first-order valence-electron chi connectivity index (χ1n) is 7.10. The van der Waals surface area contributed by atoms with Gasteiger partial charge in [-0.05, 0) is 40.6 Å². The van der Waals surface area contributed by atoms with Gasteiger partial charge in [0.15, 0.2) is 0 Å². The Morgan fingerprint density at radius 2 is 2.08 bits per heavy atom. The lowest BCUT2D eigenvalue weighted by Gasteiger charge is -2.15. The van der Waals surface area contributed by atoms with E-state index >= 15 is 0 Å². The number of rotatable bonds is 6. The smallest absolute Gasteiger partial charge is 0.269 e. The second-order valence-corrected chi connectivity index (χ2v) is 6.04. The van der Waals surface area contributed by atoms with E-state index in [0.29, 0.717) is 23.6 Å². The van der Waals surface area contributed by atoms with Crippen molar-refractivity contribution in [1.82, 2.24) is 4.57 Å². The van der Waals surface area contributed by atoms with Crippen molar-refractivity contribution in [2.45, 2.75) is 20.1 Å². The van der Waals surface area contributed by atoms with E-state index in [0.717, 1.165) is 12.1 Å². The lowest BCUT2D eigenvalue weighted by molar-refractivity contribution is 0.296. The van der Waals surface area contributed by atoms with Crippen molar-refractivity contribution >= 4 is 15.9 Å². The van der Waals surface area contributed by atoms with Gasteiger partial charge in [-0.25, -0.2) is 8.78 Å². The van der Waals surface area contributed by atoms with Crippen LogP contribution in [0.2, 0.25) is 0 Å². The Kier molecular flexibility index (Phi) is 5.72. The SMILES string of the molecule is C=CC(=C)Cn1c(C)cc(OCc2ccc(F)cc2F)c(Br)c1=O. The Labute approximate surface area is 147 Å². The van der Waals surface area contributed by atoms with Crippen molar-refractivity contribution in [3.05, 3.63) is 86.8 Å². The van der Waals surface area contributed by atoms with Crippen molar-refractivity contribution in [3.8, 4) is 5.75 Å². The minimum absolute atomic E-state index is 0.118. The standard InChI is InChI=1S/C18H16BrF2NO2/c1-4-11(2)9-22-12(3)7-16(17(19)18(22)23)24-10-13-5-6-14(20)8-15(13)21/h4-8H,1-2,9-10H2,3H3. The number of nitrogens with zero attached hydrogens (tertiary/aromatic N) is 1. The van der Waals surface area contributed by atoms with E-state index in [1.165, 1.54) is 10.6 Å². The van der Waals surface area contributed by atoms with Gasteiger partial charge in [0, 0.05) is 23.4 Å². The molecule has 0 radical (unpaired) electrons. The third-order valence-electron chi connectivity index (χ3n) is 3.46. The second kappa shape index (κ2) is 7.57. The van der Waals surface area contributed by atoms with Gasteiger partial charge in [-0.2, -0.15) is 0 Å². The zero-order valence-corrected chi connectivity index (χ0v) is 14.7. The molecule has 1 aromatic carbocycles. The highest BCUT2D eigenvalue weighted by atomic mass is 79.9. The molecular weight excluding hydrogens is 380 g/mol. The van der Waals surface area contributed by atoms with Gasteiger partial charge in [0.05, 0.1) is 6.54 Å². The van der Waals surface area contributed by atoms with Gasteiger partial charge in [0.25, 0.3) is 5.56 Å². The molecule has 3 nitrogen and oxygen atoms in total. The molecular formula is C18H16BrF2NO2. The topological polar surface area (TPSA) is 31.2 Å². The summed E-state index contributed by atoms with van der Waals surface area (Å²) in [5, 5.41) is 0. The summed E-state index contributed by atoms with van der Waals surface area (Å²) in [6, 6.07) is 4.92. The lowest BCUT2D eigenvalue weighted by atomic mass is 10.2. The van der Waals surface area contributed by atoms with Crippen molar-refractivity contribution in [2.75, 3.05) is 0 Å². The van der Waals surface area contributed by atoms with Crippen LogP contribution in [0.25, 0.3) is 0 Å². The summed E-state index contributed by atoms with van der Waals surface area (Å²) in [7, 11) is 0. The van der Waals surface area contributed by atoms with Crippen LogP contribution in [0.15, 0.2) is 58.3 Å². The molecule has 0 amide bonds. The highest BCUT2D eigenvalue weighted by molar-refractivity contribution is 9.10. The Morgan fingerprint density at radius 1 is 1.38 bits per heavy atom. The van der Waals surface area contributed by atoms with Crippen LogP contribution >= 0.6 is 15.9 Å². The van der Waals surface area contributed by atoms with Crippen LogP contribution in [-0.4, -0.2) is 4.57 Å². The minimum atomic E-state index is -0.696. The van der Waals surface area contributed by atoms with Gasteiger partial charge in [-0.15, -0.1) is 0 Å². The van der Waals surface area contributed by atoms with Crippen LogP contribution in [0.1, 0.15) is 11.3 Å². The van der Waals surface area contributed by atoms with Crippen LogP contribution in [0, 0.1) is 18.6 Å². The third-order valence-corrected chi connectivity index (χ3v) is 4.19. The maximum absolute atomic E-state index is 13.6. The number of allylic oxidation sites excluding steroid dienone is 2. The van der Waals surface area contributed by atoms with Crippen molar-refractivity contribution in [3.63, 3.8) is 0 Å².